The Morgan fingerprint density at radius 2 is 2.20 bits per heavy atom. The van der Waals surface area contributed by atoms with Gasteiger partial charge in [-0.2, -0.15) is 0 Å². The molecule has 2 heterocycles. The van der Waals surface area contributed by atoms with E-state index in [1.807, 2.05) is 6.07 Å². The van der Waals surface area contributed by atoms with Gasteiger partial charge < -0.3 is 14.8 Å². The second kappa shape index (κ2) is 6.10. The maximum Gasteiger partial charge on any atom is 0.137 e. The molecule has 2 aliphatic heterocycles. The number of benzene rings is 1. The first-order chi connectivity index (χ1) is 9.69. The molecule has 1 aromatic rings. The number of piperidine rings is 1. The molecule has 2 fully saturated rings. The summed E-state index contributed by atoms with van der Waals surface area (Å²) in [5, 5.41) is 3.35. The summed E-state index contributed by atoms with van der Waals surface area (Å²) < 4.78 is 25.8. The van der Waals surface area contributed by atoms with Gasteiger partial charge in [0.25, 0.3) is 0 Å². The minimum atomic E-state index is -0.247. The van der Waals surface area contributed by atoms with Crippen molar-refractivity contribution in [2.45, 2.75) is 37.6 Å². The summed E-state index contributed by atoms with van der Waals surface area (Å²) in [5.41, 5.74) is 0.853. The first-order valence-electron chi connectivity index (χ1n) is 7.08. The van der Waals surface area contributed by atoms with E-state index in [1.165, 1.54) is 6.07 Å². The third kappa shape index (κ3) is 3.06. The molecule has 20 heavy (non-hydrogen) atoms. The predicted molar refractivity (Wildman–Crippen MR) is 78.1 cm³/mol. The summed E-state index contributed by atoms with van der Waals surface area (Å²) in [5.74, 6) is -0.247. The summed E-state index contributed by atoms with van der Waals surface area (Å²) >= 11 is 3.27. The number of halogens is 2. The molecular formula is C15H19BrFNO2. The molecule has 1 N–H and O–H groups in total. The Morgan fingerprint density at radius 3 is 3.00 bits per heavy atom. The second-order valence-electron chi connectivity index (χ2n) is 5.59. The molecule has 0 radical (unpaired) electrons. The third-order valence-electron chi connectivity index (χ3n) is 4.20. The smallest absolute Gasteiger partial charge is 0.137 e. The zero-order chi connectivity index (χ0) is 14.0. The fraction of sp³-hybridized carbons (Fsp3) is 0.600. The van der Waals surface area contributed by atoms with Crippen molar-refractivity contribution >= 4 is 15.9 Å². The van der Waals surface area contributed by atoms with Crippen molar-refractivity contribution in [3.63, 3.8) is 0 Å². The number of nitrogens with one attached hydrogen (secondary N) is 1. The van der Waals surface area contributed by atoms with E-state index in [1.54, 1.807) is 6.07 Å². The monoisotopic (exact) mass is 343 g/mol. The molecule has 1 atom stereocenters. The van der Waals surface area contributed by atoms with Crippen molar-refractivity contribution < 1.29 is 13.9 Å². The molecule has 0 saturated carbocycles. The standard InChI is InChI=1S/C15H19BrFNO2/c16-14-11(2-1-3-13(14)17)9-19-12-8-15(20-10-12)4-6-18-7-5-15/h1-3,12,18H,4-10H2. The molecule has 0 aliphatic carbocycles. The molecule has 3 rings (SSSR count). The highest BCUT2D eigenvalue weighted by molar-refractivity contribution is 9.10. The van der Waals surface area contributed by atoms with Crippen LogP contribution in [-0.2, 0) is 16.1 Å². The highest BCUT2D eigenvalue weighted by Crippen LogP contribution is 2.35. The van der Waals surface area contributed by atoms with Crippen LogP contribution in [0, 0.1) is 5.82 Å². The van der Waals surface area contributed by atoms with Gasteiger partial charge in [-0.3, -0.25) is 0 Å². The van der Waals surface area contributed by atoms with E-state index < -0.39 is 0 Å². The lowest BCUT2D eigenvalue weighted by Crippen LogP contribution is -2.41. The minimum absolute atomic E-state index is 0.00901. The van der Waals surface area contributed by atoms with Crippen molar-refractivity contribution in [2.75, 3.05) is 19.7 Å². The molecule has 5 heteroatoms. The van der Waals surface area contributed by atoms with Crippen LogP contribution in [0.5, 0.6) is 0 Å². The van der Waals surface area contributed by atoms with Gasteiger partial charge in [0.15, 0.2) is 0 Å². The van der Waals surface area contributed by atoms with Gasteiger partial charge in [-0.15, -0.1) is 0 Å². The molecule has 0 bridgehead atoms. The van der Waals surface area contributed by atoms with Crippen molar-refractivity contribution in [1.82, 2.24) is 5.32 Å². The number of hydrogen-bond acceptors (Lipinski definition) is 3. The molecule has 1 spiro atoms. The van der Waals surface area contributed by atoms with Gasteiger partial charge >= 0.3 is 0 Å². The first kappa shape index (κ1) is 14.4. The molecular weight excluding hydrogens is 325 g/mol. The zero-order valence-electron chi connectivity index (χ0n) is 11.3. The highest BCUT2D eigenvalue weighted by atomic mass is 79.9. The Balaban J connectivity index is 1.56. The van der Waals surface area contributed by atoms with Crippen LogP contribution in [0.15, 0.2) is 22.7 Å². The van der Waals surface area contributed by atoms with E-state index in [-0.39, 0.29) is 17.5 Å². The Labute approximate surface area is 127 Å². The van der Waals surface area contributed by atoms with Crippen molar-refractivity contribution in [3.05, 3.63) is 34.1 Å². The summed E-state index contributed by atoms with van der Waals surface area (Å²) in [4.78, 5) is 0. The molecule has 110 valence electrons. The second-order valence-corrected chi connectivity index (χ2v) is 6.39. The van der Waals surface area contributed by atoms with Gasteiger partial charge in [0, 0.05) is 6.42 Å². The van der Waals surface area contributed by atoms with Crippen LogP contribution < -0.4 is 5.32 Å². The SMILES string of the molecule is Fc1cccc(COC2COC3(CCNCC3)C2)c1Br. The Bertz CT molecular complexity index is 477. The zero-order valence-corrected chi connectivity index (χ0v) is 12.9. The molecule has 0 amide bonds. The Hall–Kier alpha value is -0.490. The van der Waals surface area contributed by atoms with E-state index in [0.29, 0.717) is 17.7 Å². The molecule has 3 nitrogen and oxygen atoms in total. The molecule has 1 aromatic carbocycles. The predicted octanol–water partition coefficient (Wildman–Crippen LogP) is 3.02. The third-order valence-corrected chi connectivity index (χ3v) is 5.08. The Morgan fingerprint density at radius 1 is 1.40 bits per heavy atom. The minimum Gasteiger partial charge on any atom is -0.372 e. The summed E-state index contributed by atoms with van der Waals surface area (Å²) in [7, 11) is 0. The van der Waals surface area contributed by atoms with Crippen LogP contribution in [0.3, 0.4) is 0 Å². The summed E-state index contributed by atoms with van der Waals surface area (Å²) in [6.07, 6.45) is 3.16. The quantitative estimate of drug-likeness (QED) is 0.914. The largest absolute Gasteiger partial charge is 0.372 e. The summed E-state index contributed by atoms with van der Waals surface area (Å²) in [6.45, 7) is 3.10. The normalized spacial score (nSPS) is 25.2. The fourth-order valence-corrected chi connectivity index (χ4v) is 3.39. The lowest BCUT2D eigenvalue weighted by Gasteiger charge is -2.32. The molecule has 0 aromatic heterocycles. The number of rotatable bonds is 3. The van der Waals surface area contributed by atoms with Gasteiger partial charge in [0.05, 0.1) is 29.4 Å². The number of hydrogen-bond donors (Lipinski definition) is 1. The van der Waals surface area contributed by atoms with Gasteiger partial charge in [0.1, 0.15) is 5.82 Å². The lowest BCUT2D eigenvalue weighted by atomic mass is 9.89. The van der Waals surface area contributed by atoms with E-state index in [4.69, 9.17) is 9.47 Å². The summed E-state index contributed by atoms with van der Waals surface area (Å²) in [6, 6.07) is 5.03. The first-order valence-corrected chi connectivity index (χ1v) is 7.87. The fourth-order valence-electron chi connectivity index (χ4n) is 3.01. The van der Waals surface area contributed by atoms with Crippen LogP contribution in [0.4, 0.5) is 4.39 Å². The molecule has 1 unspecified atom stereocenters. The van der Waals surface area contributed by atoms with Crippen LogP contribution in [-0.4, -0.2) is 31.4 Å². The Kier molecular flexibility index (Phi) is 4.40. The van der Waals surface area contributed by atoms with Crippen LogP contribution in [0.2, 0.25) is 0 Å². The maximum atomic E-state index is 13.4. The molecule has 2 aliphatic rings. The van der Waals surface area contributed by atoms with E-state index in [9.17, 15) is 4.39 Å². The average Bonchev–Trinajstić information content (AvgIpc) is 2.84. The van der Waals surface area contributed by atoms with Gasteiger partial charge in [-0.25, -0.2) is 4.39 Å². The van der Waals surface area contributed by atoms with Crippen molar-refractivity contribution in [1.29, 1.82) is 0 Å². The van der Waals surface area contributed by atoms with Gasteiger partial charge in [-0.05, 0) is 53.5 Å². The maximum absolute atomic E-state index is 13.4. The van der Waals surface area contributed by atoms with Crippen molar-refractivity contribution in [2.24, 2.45) is 0 Å². The topological polar surface area (TPSA) is 30.5 Å². The van der Waals surface area contributed by atoms with Crippen LogP contribution in [0.25, 0.3) is 0 Å². The number of ether oxygens (including phenoxy) is 2. The van der Waals surface area contributed by atoms with E-state index >= 15 is 0 Å². The van der Waals surface area contributed by atoms with Crippen LogP contribution in [0.1, 0.15) is 24.8 Å². The van der Waals surface area contributed by atoms with Crippen molar-refractivity contribution in [3.8, 4) is 0 Å². The van der Waals surface area contributed by atoms with E-state index in [0.717, 1.165) is 37.9 Å². The average molecular weight is 344 g/mol. The van der Waals surface area contributed by atoms with Gasteiger partial charge in [-0.1, -0.05) is 12.1 Å². The highest BCUT2D eigenvalue weighted by Gasteiger charge is 2.41. The van der Waals surface area contributed by atoms with E-state index in [2.05, 4.69) is 21.2 Å². The molecule has 2 saturated heterocycles. The van der Waals surface area contributed by atoms with Gasteiger partial charge in [0.2, 0.25) is 0 Å². The van der Waals surface area contributed by atoms with Crippen LogP contribution >= 0.6 is 15.9 Å². The lowest BCUT2D eigenvalue weighted by molar-refractivity contribution is -0.0241.